The molecule has 1 heterocycles. The van der Waals surface area contributed by atoms with Gasteiger partial charge in [0.05, 0.1) is 5.60 Å². The van der Waals surface area contributed by atoms with E-state index in [-0.39, 0.29) is 5.60 Å². The Balaban J connectivity index is 2.93. The largest absolute Gasteiger partial charge is 0.415 e. The molecular weight excluding hydrogens is 228 g/mol. The number of nitrogen functional groups attached to an aromatic ring is 1. The SMILES string of the molecule is Cc1c(C(C)(C)O[SiH2]C(C)(C)C)ccnc1N. The molecule has 0 amide bonds. The number of anilines is 1. The lowest BCUT2D eigenvalue weighted by Gasteiger charge is -2.31. The number of hydrogen-bond acceptors (Lipinski definition) is 3. The van der Waals surface area contributed by atoms with Crippen molar-refractivity contribution in [3.8, 4) is 0 Å². The fourth-order valence-corrected chi connectivity index (χ4v) is 2.63. The second-order valence-electron chi connectivity index (χ2n) is 6.23. The Hall–Kier alpha value is -0.873. The normalized spacial score (nSPS) is 13.5. The Labute approximate surface area is 107 Å². The summed E-state index contributed by atoms with van der Waals surface area (Å²) < 4.78 is 6.17. The first kappa shape index (κ1) is 14.2. The van der Waals surface area contributed by atoms with Crippen LogP contribution in [0.15, 0.2) is 12.3 Å². The molecule has 0 bridgehead atoms. The highest BCUT2D eigenvalue weighted by atomic mass is 28.2. The zero-order chi connectivity index (χ0) is 13.3. The highest BCUT2D eigenvalue weighted by molar-refractivity contribution is 6.31. The predicted octanol–water partition coefficient (Wildman–Crippen LogP) is 2.53. The number of nitrogens with zero attached hydrogens (tertiary/aromatic N) is 1. The van der Waals surface area contributed by atoms with Gasteiger partial charge in [-0.2, -0.15) is 0 Å². The molecule has 1 rings (SSSR count). The summed E-state index contributed by atoms with van der Waals surface area (Å²) in [6.07, 6.45) is 1.75. The van der Waals surface area contributed by atoms with E-state index in [1.165, 1.54) is 0 Å². The molecule has 17 heavy (non-hydrogen) atoms. The quantitative estimate of drug-likeness (QED) is 0.841. The molecule has 1 aromatic heterocycles. The van der Waals surface area contributed by atoms with E-state index in [4.69, 9.17) is 10.2 Å². The first-order chi connectivity index (χ1) is 7.63. The first-order valence-electron chi connectivity index (χ1n) is 5.99. The zero-order valence-electron chi connectivity index (χ0n) is 11.8. The van der Waals surface area contributed by atoms with Gasteiger partial charge in [0.1, 0.15) is 5.82 Å². The van der Waals surface area contributed by atoms with E-state index in [1.54, 1.807) is 6.20 Å². The van der Waals surface area contributed by atoms with E-state index in [1.807, 2.05) is 13.0 Å². The summed E-state index contributed by atoms with van der Waals surface area (Å²) in [5, 5.41) is 0.295. The average molecular weight is 252 g/mol. The molecule has 3 nitrogen and oxygen atoms in total. The van der Waals surface area contributed by atoms with Crippen LogP contribution in [-0.2, 0) is 10.0 Å². The van der Waals surface area contributed by atoms with Crippen LogP contribution in [0.25, 0.3) is 0 Å². The van der Waals surface area contributed by atoms with Gasteiger partial charge in [0.15, 0.2) is 9.76 Å². The van der Waals surface area contributed by atoms with Crippen LogP contribution in [0, 0.1) is 6.92 Å². The lowest BCUT2D eigenvalue weighted by molar-refractivity contribution is 0.109. The van der Waals surface area contributed by atoms with Gasteiger partial charge < -0.3 is 10.2 Å². The Morgan fingerprint density at radius 2 is 1.82 bits per heavy atom. The summed E-state index contributed by atoms with van der Waals surface area (Å²) in [5.41, 5.74) is 7.74. The molecule has 0 aliphatic rings. The van der Waals surface area contributed by atoms with Crippen LogP contribution in [0.4, 0.5) is 5.82 Å². The minimum absolute atomic E-state index is 0.277. The summed E-state index contributed by atoms with van der Waals surface area (Å²) in [6, 6.07) is 2.00. The van der Waals surface area contributed by atoms with Gasteiger partial charge in [-0.15, -0.1) is 0 Å². The van der Waals surface area contributed by atoms with E-state index in [0.29, 0.717) is 10.9 Å². The monoisotopic (exact) mass is 252 g/mol. The number of nitrogens with two attached hydrogens (primary N) is 1. The minimum Gasteiger partial charge on any atom is -0.415 e. The maximum atomic E-state index is 6.17. The van der Waals surface area contributed by atoms with Crippen molar-refractivity contribution in [2.75, 3.05) is 5.73 Å². The van der Waals surface area contributed by atoms with Crippen LogP contribution < -0.4 is 5.73 Å². The average Bonchev–Trinajstić information content (AvgIpc) is 2.18. The van der Waals surface area contributed by atoms with Crippen molar-refractivity contribution in [3.05, 3.63) is 23.4 Å². The molecule has 96 valence electrons. The van der Waals surface area contributed by atoms with Crippen molar-refractivity contribution in [1.82, 2.24) is 4.98 Å². The molecular formula is C13H24N2OSi. The second-order valence-corrected chi connectivity index (χ2v) is 8.93. The first-order valence-corrected chi connectivity index (χ1v) is 7.27. The highest BCUT2D eigenvalue weighted by Crippen LogP contribution is 2.32. The number of aromatic nitrogens is 1. The molecule has 1 aromatic rings. The molecule has 0 spiro atoms. The van der Waals surface area contributed by atoms with Crippen molar-refractivity contribution in [2.45, 2.75) is 52.2 Å². The van der Waals surface area contributed by atoms with E-state index in [2.05, 4.69) is 39.6 Å². The van der Waals surface area contributed by atoms with Crippen LogP contribution in [0.3, 0.4) is 0 Å². The summed E-state index contributed by atoms with van der Waals surface area (Å²) in [6.45, 7) is 12.9. The van der Waals surface area contributed by atoms with Crippen LogP contribution >= 0.6 is 0 Å². The highest BCUT2D eigenvalue weighted by Gasteiger charge is 2.26. The van der Waals surface area contributed by atoms with Gasteiger partial charge in [0.2, 0.25) is 0 Å². The fourth-order valence-electron chi connectivity index (χ4n) is 1.68. The zero-order valence-corrected chi connectivity index (χ0v) is 13.2. The molecule has 0 aliphatic carbocycles. The summed E-state index contributed by atoms with van der Waals surface area (Å²) in [4.78, 5) is 4.10. The van der Waals surface area contributed by atoms with E-state index in [0.717, 1.165) is 11.1 Å². The molecule has 0 aliphatic heterocycles. The van der Waals surface area contributed by atoms with Crippen molar-refractivity contribution < 1.29 is 4.43 Å². The predicted molar refractivity (Wildman–Crippen MR) is 75.8 cm³/mol. The van der Waals surface area contributed by atoms with Gasteiger partial charge in [-0.3, -0.25) is 0 Å². The molecule has 2 N–H and O–H groups in total. The van der Waals surface area contributed by atoms with Gasteiger partial charge in [0.25, 0.3) is 0 Å². The van der Waals surface area contributed by atoms with Gasteiger partial charge in [-0.1, -0.05) is 20.8 Å². The summed E-state index contributed by atoms with van der Waals surface area (Å²) >= 11 is 0. The lowest BCUT2D eigenvalue weighted by Crippen LogP contribution is -2.28. The third-order valence-electron chi connectivity index (χ3n) is 2.76. The minimum atomic E-state index is -0.588. The van der Waals surface area contributed by atoms with Crippen LogP contribution in [0.1, 0.15) is 45.7 Å². The third kappa shape index (κ3) is 3.82. The van der Waals surface area contributed by atoms with Crippen LogP contribution in [0.5, 0.6) is 0 Å². The summed E-state index contributed by atoms with van der Waals surface area (Å²) in [5.74, 6) is 0.594. The van der Waals surface area contributed by atoms with Gasteiger partial charge in [-0.05, 0) is 43.0 Å². The van der Waals surface area contributed by atoms with Crippen LogP contribution in [-0.4, -0.2) is 14.7 Å². The maximum absolute atomic E-state index is 6.17. The Morgan fingerprint density at radius 1 is 1.24 bits per heavy atom. The van der Waals surface area contributed by atoms with Crippen molar-refractivity contribution >= 4 is 15.6 Å². The molecule has 0 atom stereocenters. The van der Waals surface area contributed by atoms with E-state index in [9.17, 15) is 0 Å². The molecule has 4 heteroatoms. The lowest BCUT2D eigenvalue weighted by atomic mass is 9.95. The Bertz CT molecular complexity index is 397. The second kappa shape index (κ2) is 4.78. The number of rotatable bonds is 3. The Kier molecular flexibility index (Phi) is 3.99. The van der Waals surface area contributed by atoms with Crippen molar-refractivity contribution in [3.63, 3.8) is 0 Å². The van der Waals surface area contributed by atoms with E-state index < -0.39 is 9.76 Å². The molecule has 0 unspecified atom stereocenters. The Morgan fingerprint density at radius 3 is 2.35 bits per heavy atom. The van der Waals surface area contributed by atoms with Crippen molar-refractivity contribution in [1.29, 1.82) is 0 Å². The van der Waals surface area contributed by atoms with Crippen LogP contribution in [0.2, 0.25) is 5.04 Å². The number of pyridine rings is 1. The smallest absolute Gasteiger partial charge is 0.168 e. The maximum Gasteiger partial charge on any atom is 0.168 e. The van der Waals surface area contributed by atoms with Gasteiger partial charge >= 0.3 is 0 Å². The van der Waals surface area contributed by atoms with Crippen molar-refractivity contribution in [2.24, 2.45) is 0 Å². The topological polar surface area (TPSA) is 48.1 Å². The van der Waals surface area contributed by atoms with Gasteiger partial charge in [0, 0.05) is 6.20 Å². The molecule has 0 aromatic carbocycles. The molecule has 0 saturated carbocycles. The fraction of sp³-hybridized carbons (Fsp3) is 0.615. The summed E-state index contributed by atoms with van der Waals surface area (Å²) in [7, 11) is -0.588. The molecule has 0 radical (unpaired) electrons. The van der Waals surface area contributed by atoms with Gasteiger partial charge in [-0.25, -0.2) is 4.98 Å². The molecule has 0 fully saturated rings. The number of hydrogen-bond donors (Lipinski definition) is 1. The van der Waals surface area contributed by atoms with E-state index >= 15 is 0 Å². The third-order valence-corrected chi connectivity index (χ3v) is 4.49. The standard InChI is InChI=1S/C13H24N2OSi/c1-9-10(7-8-15-11(9)14)13(5,6)16-17-12(2,3)4/h7-8H,17H2,1-6H3,(H2,14,15). The molecule has 0 saturated heterocycles.